The van der Waals surface area contributed by atoms with Gasteiger partial charge in [-0.3, -0.25) is 5.43 Å². The van der Waals surface area contributed by atoms with Gasteiger partial charge in [-0.15, -0.1) is 11.3 Å². The molecular weight excluding hydrogens is 314 g/mol. The van der Waals surface area contributed by atoms with Gasteiger partial charge in [0.05, 0.1) is 11.4 Å². The van der Waals surface area contributed by atoms with Crippen molar-refractivity contribution in [1.29, 1.82) is 0 Å². The van der Waals surface area contributed by atoms with E-state index in [0.717, 1.165) is 40.0 Å². The van der Waals surface area contributed by atoms with Crippen LogP contribution in [0.25, 0.3) is 11.3 Å². The van der Waals surface area contributed by atoms with Gasteiger partial charge in [0, 0.05) is 16.0 Å². The highest BCUT2D eigenvalue weighted by molar-refractivity contribution is 7.14. The van der Waals surface area contributed by atoms with Crippen molar-refractivity contribution in [3.05, 3.63) is 46.8 Å². The topological polar surface area (TPSA) is 37.3 Å². The largest absolute Gasteiger partial charge is 0.252 e. The molecule has 1 heterocycles. The molecule has 114 valence electrons. The van der Waals surface area contributed by atoms with Gasteiger partial charge in [0.1, 0.15) is 0 Å². The maximum absolute atomic E-state index is 5.91. The molecule has 0 atom stereocenters. The molecule has 1 N–H and O–H groups in total. The van der Waals surface area contributed by atoms with Crippen LogP contribution in [0.4, 0.5) is 5.13 Å². The van der Waals surface area contributed by atoms with Gasteiger partial charge in [-0.1, -0.05) is 43.7 Å². The minimum absolute atomic E-state index is 0.280. The number of nitrogens with zero attached hydrogens (tertiary/aromatic N) is 2. The van der Waals surface area contributed by atoms with E-state index >= 15 is 0 Å². The van der Waals surface area contributed by atoms with Crippen molar-refractivity contribution in [2.45, 2.75) is 26.7 Å². The van der Waals surface area contributed by atoms with Crippen LogP contribution >= 0.6 is 22.9 Å². The van der Waals surface area contributed by atoms with E-state index in [1.807, 2.05) is 29.6 Å². The number of benzene rings is 1. The quantitative estimate of drug-likeness (QED) is 0.742. The molecule has 0 saturated heterocycles. The van der Waals surface area contributed by atoms with Crippen LogP contribution in [-0.2, 0) is 0 Å². The lowest BCUT2D eigenvalue weighted by Crippen LogP contribution is -2.16. The van der Waals surface area contributed by atoms with E-state index in [1.165, 1.54) is 0 Å². The van der Waals surface area contributed by atoms with Gasteiger partial charge in [-0.05, 0) is 36.5 Å². The number of nitrogens with one attached hydrogen (secondary N) is 1. The summed E-state index contributed by atoms with van der Waals surface area (Å²) in [5.74, 6) is 0. The maximum Gasteiger partial charge on any atom is 0.203 e. The van der Waals surface area contributed by atoms with Gasteiger partial charge in [0.2, 0.25) is 5.13 Å². The first kappa shape index (κ1) is 15.3. The van der Waals surface area contributed by atoms with Crippen LogP contribution in [0.5, 0.6) is 0 Å². The molecule has 2 aromatic rings. The number of aromatic nitrogens is 1. The maximum atomic E-state index is 5.91. The SMILES string of the molecule is CC1(C)C=C/C(=N\Nc2nc(-c3ccc(Cl)cc3)cs2)CC1. The number of allylic oxidation sites excluding steroid dienone is 2. The van der Waals surface area contributed by atoms with E-state index in [-0.39, 0.29) is 5.41 Å². The van der Waals surface area contributed by atoms with Crippen molar-refractivity contribution in [2.24, 2.45) is 10.5 Å². The van der Waals surface area contributed by atoms with Gasteiger partial charge in [0.15, 0.2) is 0 Å². The van der Waals surface area contributed by atoms with Crippen molar-refractivity contribution in [3.8, 4) is 11.3 Å². The fraction of sp³-hybridized carbons (Fsp3) is 0.294. The van der Waals surface area contributed by atoms with Crippen molar-refractivity contribution in [2.75, 3.05) is 5.43 Å². The van der Waals surface area contributed by atoms with E-state index in [9.17, 15) is 0 Å². The number of hydrazone groups is 1. The Morgan fingerprint density at radius 3 is 2.73 bits per heavy atom. The Balaban J connectivity index is 1.69. The average Bonchev–Trinajstić information content (AvgIpc) is 2.96. The van der Waals surface area contributed by atoms with Gasteiger partial charge in [-0.2, -0.15) is 5.10 Å². The predicted molar refractivity (Wildman–Crippen MR) is 95.8 cm³/mol. The molecule has 22 heavy (non-hydrogen) atoms. The number of hydrogen-bond donors (Lipinski definition) is 1. The fourth-order valence-electron chi connectivity index (χ4n) is 2.23. The van der Waals surface area contributed by atoms with Crippen LogP contribution < -0.4 is 5.43 Å². The van der Waals surface area contributed by atoms with Crippen molar-refractivity contribution in [1.82, 2.24) is 4.98 Å². The lowest BCUT2D eigenvalue weighted by Gasteiger charge is -2.23. The number of halogens is 1. The van der Waals surface area contributed by atoms with E-state index in [0.29, 0.717) is 0 Å². The monoisotopic (exact) mass is 331 g/mol. The van der Waals surface area contributed by atoms with Crippen molar-refractivity contribution < 1.29 is 0 Å². The van der Waals surface area contributed by atoms with Crippen LogP contribution in [-0.4, -0.2) is 10.7 Å². The molecule has 1 aromatic heterocycles. The first-order valence-corrected chi connectivity index (χ1v) is 8.51. The Morgan fingerprint density at radius 1 is 1.27 bits per heavy atom. The average molecular weight is 332 g/mol. The highest BCUT2D eigenvalue weighted by Crippen LogP contribution is 2.29. The summed E-state index contributed by atoms with van der Waals surface area (Å²) in [6.45, 7) is 4.49. The highest BCUT2D eigenvalue weighted by atomic mass is 35.5. The Morgan fingerprint density at radius 2 is 2.05 bits per heavy atom. The van der Waals surface area contributed by atoms with Crippen LogP contribution in [0.2, 0.25) is 5.02 Å². The molecule has 0 aliphatic heterocycles. The normalized spacial score (nSPS) is 18.6. The summed E-state index contributed by atoms with van der Waals surface area (Å²) in [6.07, 6.45) is 6.44. The second-order valence-corrected chi connectivity index (χ2v) is 7.38. The van der Waals surface area contributed by atoms with Gasteiger partial charge in [-0.25, -0.2) is 4.98 Å². The summed E-state index contributed by atoms with van der Waals surface area (Å²) in [4.78, 5) is 4.56. The molecule has 0 unspecified atom stereocenters. The first-order chi connectivity index (χ1) is 10.5. The Bertz CT molecular complexity index is 714. The number of anilines is 1. The van der Waals surface area contributed by atoms with Crippen LogP contribution in [0, 0.1) is 5.41 Å². The van der Waals surface area contributed by atoms with Crippen molar-refractivity contribution >= 4 is 33.8 Å². The summed E-state index contributed by atoms with van der Waals surface area (Å²) in [6, 6.07) is 7.69. The highest BCUT2D eigenvalue weighted by Gasteiger charge is 2.18. The van der Waals surface area contributed by atoms with Crippen LogP contribution in [0.15, 0.2) is 46.9 Å². The second-order valence-electron chi connectivity index (χ2n) is 6.08. The third kappa shape index (κ3) is 3.76. The van der Waals surface area contributed by atoms with Crippen molar-refractivity contribution in [3.63, 3.8) is 0 Å². The van der Waals surface area contributed by atoms with Crippen LogP contribution in [0.3, 0.4) is 0 Å². The predicted octanol–water partition coefficient (Wildman–Crippen LogP) is 5.61. The molecule has 1 aliphatic carbocycles. The van der Waals surface area contributed by atoms with E-state index in [1.54, 1.807) is 11.3 Å². The lowest BCUT2D eigenvalue weighted by atomic mass is 9.82. The Kier molecular flexibility index (Phi) is 4.32. The molecule has 0 radical (unpaired) electrons. The summed E-state index contributed by atoms with van der Waals surface area (Å²) >= 11 is 7.46. The zero-order valence-corrected chi connectivity index (χ0v) is 14.2. The molecule has 1 aliphatic rings. The zero-order valence-electron chi connectivity index (χ0n) is 12.6. The Hall–Kier alpha value is -1.65. The molecule has 1 aromatic carbocycles. The molecule has 0 bridgehead atoms. The fourth-order valence-corrected chi connectivity index (χ4v) is 3.02. The minimum Gasteiger partial charge on any atom is -0.252 e. The van der Waals surface area contributed by atoms with E-state index in [2.05, 4.69) is 41.5 Å². The third-order valence-electron chi connectivity index (χ3n) is 3.69. The third-order valence-corrected chi connectivity index (χ3v) is 4.69. The standard InChI is InChI=1S/C17H18ClN3S/c1-17(2)9-7-14(8-10-17)20-21-16-19-15(11-22-16)12-3-5-13(18)6-4-12/h3-7,9,11H,8,10H2,1-2H3,(H,19,21)/b20-14+. The Labute approximate surface area is 139 Å². The molecule has 0 saturated carbocycles. The first-order valence-electron chi connectivity index (χ1n) is 7.25. The second kappa shape index (κ2) is 6.23. The molecule has 0 spiro atoms. The number of thiazole rings is 1. The van der Waals surface area contributed by atoms with Gasteiger partial charge in [0.25, 0.3) is 0 Å². The summed E-state index contributed by atoms with van der Waals surface area (Å²) in [5, 5.41) is 8.00. The molecule has 3 nitrogen and oxygen atoms in total. The zero-order chi connectivity index (χ0) is 15.6. The van der Waals surface area contributed by atoms with Gasteiger partial charge >= 0.3 is 0 Å². The molecule has 0 amide bonds. The molecule has 0 fully saturated rings. The summed E-state index contributed by atoms with van der Waals surface area (Å²) in [7, 11) is 0. The van der Waals surface area contributed by atoms with Crippen LogP contribution in [0.1, 0.15) is 26.7 Å². The summed E-state index contributed by atoms with van der Waals surface area (Å²) in [5.41, 5.74) is 6.40. The van der Waals surface area contributed by atoms with E-state index < -0.39 is 0 Å². The summed E-state index contributed by atoms with van der Waals surface area (Å²) < 4.78 is 0. The minimum atomic E-state index is 0.280. The van der Waals surface area contributed by atoms with Gasteiger partial charge < -0.3 is 0 Å². The smallest absolute Gasteiger partial charge is 0.203 e. The van der Waals surface area contributed by atoms with E-state index in [4.69, 9.17) is 11.6 Å². The molecule has 3 rings (SSSR count). The number of hydrogen-bond acceptors (Lipinski definition) is 4. The number of rotatable bonds is 3. The molecule has 5 heteroatoms. The molecular formula is C17H18ClN3S. The lowest BCUT2D eigenvalue weighted by molar-refractivity contribution is 0.442.